The van der Waals surface area contributed by atoms with Gasteiger partial charge in [0.05, 0.1) is 10.7 Å². The second-order valence-electron chi connectivity index (χ2n) is 7.92. The molecular formula is C20H25BrN4O2. The molecule has 0 fully saturated rings. The Morgan fingerprint density at radius 3 is 2.63 bits per heavy atom. The van der Waals surface area contributed by atoms with E-state index in [1.165, 1.54) is 5.57 Å². The molecule has 2 heterocycles. The largest absolute Gasteiger partial charge is 0.443 e. The van der Waals surface area contributed by atoms with E-state index in [1.54, 1.807) is 27.9 Å². The van der Waals surface area contributed by atoms with Crippen LogP contribution in [0.3, 0.4) is 0 Å². The van der Waals surface area contributed by atoms with Gasteiger partial charge in [0, 0.05) is 18.0 Å². The van der Waals surface area contributed by atoms with Crippen LogP contribution in [-0.2, 0) is 4.74 Å². The van der Waals surface area contributed by atoms with E-state index in [9.17, 15) is 4.79 Å². The lowest BCUT2D eigenvalue weighted by molar-refractivity contribution is 0.0590. The molecule has 0 saturated heterocycles. The Hall–Kier alpha value is -2.15. The van der Waals surface area contributed by atoms with Gasteiger partial charge in [0.2, 0.25) is 0 Å². The maximum atomic E-state index is 13.0. The minimum Gasteiger partial charge on any atom is -0.443 e. The monoisotopic (exact) mass is 432 g/mol. The zero-order valence-electron chi connectivity index (χ0n) is 16.4. The van der Waals surface area contributed by atoms with Gasteiger partial charge in [-0.2, -0.15) is 5.10 Å². The van der Waals surface area contributed by atoms with Crippen LogP contribution in [0.1, 0.15) is 47.5 Å². The van der Waals surface area contributed by atoms with E-state index < -0.39 is 11.7 Å². The molecule has 3 rings (SSSR count). The van der Waals surface area contributed by atoms with Crippen molar-refractivity contribution in [1.82, 2.24) is 14.6 Å². The summed E-state index contributed by atoms with van der Waals surface area (Å²) < 4.78 is 8.09. The number of ether oxygens (including phenoxy) is 1. The minimum atomic E-state index is -0.592. The van der Waals surface area contributed by atoms with Gasteiger partial charge in [0.15, 0.2) is 5.65 Å². The van der Waals surface area contributed by atoms with E-state index in [4.69, 9.17) is 4.74 Å². The molecule has 0 aliphatic heterocycles. The van der Waals surface area contributed by atoms with Gasteiger partial charge in [0.25, 0.3) is 0 Å². The highest BCUT2D eigenvalue weighted by atomic mass is 79.9. The molecule has 0 spiro atoms. The molecule has 0 bridgehead atoms. The first-order chi connectivity index (χ1) is 12.7. The van der Waals surface area contributed by atoms with E-state index in [1.807, 2.05) is 26.8 Å². The van der Waals surface area contributed by atoms with Crippen molar-refractivity contribution in [3.63, 3.8) is 0 Å². The van der Waals surface area contributed by atoms with E-state index in [0.29, 0.717) is 17.4 Å². The lowest BCUT2D eigenvalue weighted by Crippen LogP contribution is -2.37. The van der Waals surface area contributed by atoms with Gasteiger partial charge < -0.3 is 4.74 Å². The van der Waals surface area contributed by atoms with Crippen molar-refractivity contribution in [2.75, 3.05) is 4.90 Å². The van der Waals surface area contributed by atoms with Crippen LogP contribution in [-0.4, -0.2) is 26.3 Å². The summed E-state index contributed by atoms with van der Waals surface area (Å²) in [7, 11) is 0. The molecule has 0 N–H and O–H groups in total. The van der Waals surface area contributed by atoms with Crippen LogP contribution in [0, 0.1) is 5.92 Å². The number of carbonyl (C=O) groups excluding carboxylic acids is 1. The summed E-state index contributed by atoms with van der Waals surface area (Å²) in [6, 6.07) is 1.78. The van der Waals surface area contributed by atoms with Crippen molar-refractivity contribution < 1.29 is 9.53 Å². The SMILES string of the molecule is CC(C)C1=CC=C(N(C(=O)OC(C)(C)C)c2ccn3ncc(Br)c3n2)CC1. The molecule has 6 nitrogen and oxygen atoms in total. The topological polar surface area (TPSA) is 59.7 Å². The summed E-state index contributed by atoms with van der Waals surface area (Å²) in [5, 5.41) is 4.21. The van der Waals surface area contributed by atoms with Gasteiger partial charge in [-0.3, -0.25) is 0 Å². The molecule has 144 valence electrons. The van der Waals surface area contributed by atoms with Crippen molar-refractivity contribution in [2.45, 2.75) is 53.1 Å². The normalized spacial score (nSPS) is 14.9. The quantitative estimate of drug-likeness (QED) is 0.642. The second kappa shape index (κ2) is 7.46. The smallest absolute Gasteiger partial charge is 0.420 e. The molecule has 27 heavy (non-hydrogen) atoms. The summed E-state index contributed by atoms with van der Waals surface area (Å²) >= 11 is 3.45. The first-order valence-electron chi connectivity index (χ1n) is 9.08. The number of carbonyl (C=O) groups is 1. The number of anilines is 1. The van der Waals surface area contributed by atoms with Crippen LogP contribution < -0.4 is 4.90 Å². The second-order valence-corrected chi connectivity index (χ2v) is 8.77. The molecule has 0 atom stereocenters. The molecular weight excluding hydrogens is 408 g/mol. The van der Waals surface area contributed by atoms with Crippen molar-refractivity contribution in [2.24, 2.45) is 5.92 Å². The van der Waals surface area contributed by atoms with Gasteiger partial charge in [-0.15, -0.1) is 0 Å². The summed E-state index contributed by atoms with van der Waals surface area (Å²) in [4.78, 5) is 19.2. The molecule has 1 aliphatic carbocycles. The third-order valence-corrected chi connectivity index (χ3v) is 4.86. The summed E-state index contributed by atoms with van der Waals surface area (Å²) in [6.45, 7) is 9.95. The van der Waals surface area contributed by atoms with Crippen molar-refractivity contribution in [3.05, 3.63) is 46.4 Å². The Morgan fingerprint density at radius 2 is 2.04 bits per heavy atom. The van der Waals surface area contributed by atoms with Crippen LogP contribution in [0.4, 0.5) is 10.6 Å². The molecule has 0 saturated carbocycles. The number of hydrogen-bond acceptors (Lipinski definition) is 4. The number of fused-ring (bicyclic) bond motifs is 1. The lowest BCUT2D eigenvalue weighted by Gasteiger charge is -2.30. The molecule has 0 radical (unpaired) electrons. The van der Waals surface area contributed by atoms with Crippen LogP contribution in [0.5, 0.6) is 0 Å². The number of nitrogens with zero attached hydrogens (tertiary/aromatic N) is 4. The number of rotatable bonds is 3. The number of halogens is 1. The van der Waals surface area contributed by atoms with Gasteiger partial charge in [-0.05, 0) is 61.5 Å². The standard InChI is InChI=1S/C20H25BrN4O2/c1-13(2)14-6-8-15(9-7-14)25(19(26)27-20(3,4)5)17-10-11-24-18(23-17)16(21)12-22-24/h6,8,10-13H,7,9H2,1-5H3. The summed E-state index contributed by atoms with van der Waals surface area (Å²) in [6.07, 6.45) is 8.83. The molecule has 2 aromatic heterocycles. The van der Waals surface area contributed by atoms with Crippen LogP contribution in [0.15, 0.2) is 46.4 Å². The lowest BCUT2D eigenvalue weighted by atomic mass is 9.93. The predicted molar refractivity (Wildman–Crippen MR) is 110 cm³/mol. The van der Waals surface area contributed by atoms with Gasteiger partial charge >= 0.3 is 6.09 Å². The fourth-order valence-corrected chi connectivity index (χ4v) is 3.29. The number of hydrogen-bond donors (Lipinski definition) is 0. The molecule has 7 heteroatoms. The Kier molecular flexibility index (Phi) is 5.42. The van der Waals surface area contributed by atoms with Crippen molar-refractivity contribution >= 4 is 33.5 Å². The van der Waals surface area contributed by atoms with Crippen molar-refractivity contribution in [1.29, 1.82) is 0 Å². The highest BCUT2D eigenvalue weighted by Gasteiger charge is 2.28. The average Bonchev–Trinajstić information content (AvgIpc) is 2.95. The first kappa shape index (κ1) is 19.6. The number of amides is 1. The molecule has 1 amide bonds. The Balaban J connectivity index is 2.04. The maximum Gasteiger partial charge on any atom is 0.420 e. The predicted octanol–water partition coefficient (Wildman–Crippen LogP) is 5.49. The van der Waals surface area contributed by atoms with E-state index in [2.05, 4.69) is 45.9 Å². The zero-order valence-corrected chi connectivity index (χ0v) is 17.9. The summed E-state index contributed by atoms with van der Waals surface area (Å²) in [5.41, 5.74) is 2.31. The third kappa shape index (κ3) is 4.40. The van der Waals surface area contributed by atoms with E-state index >= 15 is 0 Å². The average molecular weight is 433 g/mol. The van der Waals surface area contributed by atoms with Gasteiger partial charge in [-0.1, -0.05) is 25.5 Å². The van der Waals surface area contributed by atoms with E-state index in [0.717, 1.165) is 23.0 Å². The maximum absolute atomic E-state index is 13.0. The van der Waals surface area contributed by atoms with Crippen molar-refractivity contribution in [3.8, 4) is 0 Å². The first-order valence-corrected chi connectivity index (χ1v) is 9.87. The Labute approximate surface area is 168 Å². The minimum absolute atomic E-state index is 0.428. The highest BCUT2D eigenvalue weighted by molar-refractivity contribution is 9.10. The highest BCUT2D eigenvalue weighted by Crippen LogP contribution is 2.30. The fourth-order valence-electron chi connectivity index (χ4n) is 2.93. The van der Waals surface area contributed by atoms with E-state index in [-0.39, 0.29) is 0 Å². The summed E-state index contributed by atoms with van der Waals surface area (Å²) in [5.74, 6) is 1.01. The van der Waals surface area contributed by atoms with Gasteiger partial charge in [0.1, 0.15) is 11.4 Å². The zero-order chi connectivity index (χ0) is 19.8. The molecule has 0 unspecified atom stereocenters. The number of aromatic nitrogens is 3. The third-order valence-electron chi connectivity index (χ3n) is 4.30. The van der Waals surface area contributed by atoms with Crippen LogP contribution in [0.25, 0.3) is 5.65 Å². The van der Waals surface area contributed by atoms with Crippen LogP contribution in [0.2, 0.25) is 0 Å². The van der Waals surface area contributed by atoms with Gasteiger partial charge in [-0.25, -0.2) is 19.2 Å². The Morgan fingerprint density at radius 1 is 1.30 bits per heavy atom. The molecule has 2 aromatic rings. The van der Waals surface area contributed by atoms with Crippen LogP contribution >= 0.6 is 15.9 Å². The molecule has 0 aromatic carbocycles. The Bertz CT molecular complexity index is 922. The number of allylic oxidation sites excluding steroid dienone is 4. The molecule has 1 aliphatic rings. The fraction of sp³-hybridized carbons (Fsp3) is 0.450.